The SMILES string of the molecule is COc1ccc(N2CCN(c3ncnc(NCCC(C)C)c3[N+](=O)[O-])CC2)cc1. The van der Waals surface area contributed by atoms with E-state index in [9.17, 15) is 10.1 Å². The van der Waals surface area contributed by atoms with Gasteiger partial charge in [0, 0.05) is 38.4 Å². The van der Waals surface area contributed by atoms with E-state index in [1.54, 1.807) is 7.11 Å². The number of anilines is 3. The number of benzene rings is 1. The standard InChI is InChI=1S/C20H28N6O3/c1-15(2)8-9-21-19-18(26(27)28)20(23-14-22-19)25-12-10-24(11-13-25)16-4-6-17(29-3)7-5-16/h4-7,14-15H,8-13H2,1-3H3,(H,21,22,23). The molecule has 0 amide bonds. The van der Waals surface area contributed by atoms with Gasteiger partial charge in [-0.3, -0.25) is 10.1 Å². The van der Waals surface area contributed by atoms with E-state index in [1.807, 2.05) is 29.2 Å². The summed E-state index contributed by atoms with van der Waals surface area (Å²) in [6.07, 6.45) is 2.31. The number of aromatic nitrogens is 2. The smallest absolute Gasteiger partial charge is 0.353 e. The maximum atomic E-state index is 11.8. The van der Waals surface area contributed by atoms with Crippen LogP contribution in [-0.4, -0.2) is 54.7 Å². The first kappa shape index (κ1) is 20.6. The molecule has 3 rings (SSSR count). The quantitative estimate of drug-likeness (QED) is 0.533. The average Bonchev–Trinajstić information content (AvgIpc) is 2.73. The fourth-order valence-electron chi connectivity index (χ4n) is 3.35. The maximum Gasteiger partial charge on any atom is 0.353 e. The topological polar surface area (TPSA) is 96.7 Å². The van der Waals surface area contributed by atoms with Crippen molar-refractivity contribution in [1.82, 2.24) is 9.97 Å². The molecule has 0 atom stereocenters. The molecule has 1 aliphatic rings. The summed E-state index contributed by atoms with van der Waals surface area (Å²) in [6.45, 7) is 7.67. The van der Waals surface area contributed by atoms with Crippen LogP contribution in [0.15, 0.2) is 30.6 Å². The Bertz CT molecular complexity index is 819. The van der Waals surface area contributed by atoms with Crippen molar-refractivity contribution in [2.24, 2.45) is 5.92 Å². The van der Waals surface area contributed by atoms with Crippen LogP contribution in [0, 0.1) is 16.0 Å². The summed E-state index contributed by atoms with van der Waals surface area (Å²) in [5.74, 6) is 2.00. The van der Waals surface area contributed by atoms with Gasteiger partial charge in [0.15, 0.2) is 0 Å². The van der Waals surface area contributed by atoms with Crippen molar-refractivity contribution in [3.05, 3.63) is 40.7 Å². The predicted octanol–water partition coefficient (Wildman–Crippen LogP) is 3.18. The summed E-state index contributed by atoms with van der Waals surface area (Å²) in [7, 11) is 1.65. The van der Waals surface area contributed by atoms with Crippen LogP contribution >= 0.6 is 0 Å². The molecular formula is C20H28N6O3. The van der Waals surface area contributed by atoms with Crippen molar-refractivity contribution in [3.63, 3.8) is 0 Å². The summed E-state index contributed by atoms with van der Waals surface area (Å²) < 4.78 is 5.21. The zero-order valence-electron chi connectivity index (χ0n) is 17.2. The highest BCUT2D eigenvalue weighted by atomic mass is 16.6. The first-order chi connectivity index (χ1) is 14.0. The number of rotatable bonds is 8. The normalized spacial score (nSPS) is 14.2. The molecule has 0 aliphatic carbocycles. The van der Waals surface area contributed by atoms with Gasteiger partial charge in [-0.2, -0.15) is 0 Å². The third kappa shape index (κ3) is 5.04. The Morgan fingerprint density at radius 2 is 1.79 bits per heavy atom. The van der Waals surface area contributed by atoms with E-state index in [-0.39, 0.29) is 10.6 Å². The Morgan fingerprint density at radius 1 is 1.14 bits per heavy atom. The lowest BCUT2D eigenvalue weighted by atomic mass is 10.1. The van der Waals surface area contributed by atoms with E-state index >= 15 is 0 Å². The third-order valence-corrected chi connectivity index (χ3v) is 5.02. The molecule has 9 heteroatoms. The van der Waals surface area contributed by atoms with Gasteiger partial charge in [-0.05, 0) is 36.6 Å². The van der Waals surface area contributed by atoms with Gasteiger partial charge in [-0.25, -0.2) is 9.97 Å². The lowest BCUT2D eigenvalue weighted by Gasteiger charge is -2.36. The van der Waals surface area contributed by atoms with E-state index in [0.29, 0.717) is 37.2 Å². The molecule has 1 aliphatic heterocycles. The van der Waals surface area contributed by atoms with Gasteiger partial charge >= 0.3 is 5.69 Å². The van der Waals surface area contributed by atoms with E-state index in [2.05, 4.69) is 34.0 Å². The molecule has 1 saturated heterocycles. The molecule has 0 bridgehead atoms. The van der Waals surface area contributed by atoms with Crippen molar-refractivity contribution >= 4 is 23.0 Å². The Labute approximate surface area is 170 Å². The summed E-state index contributed by atoms with van der Waals surface area (Å²) >= 11 is 0. The molecule has 0 radical (unpaired) electrons. The fourth-order valence-corrected chi connectivity index (χ4v) is 3.35. The van der Waals surface area contributed by atoms with Gasteiger partial charge in [0.2, 0.25) is 11.6 Å². The van der Waals surface area contributed by atoms with Crippen LogP contribution in [0.3, 0.4) is 0 Å². The van der Waals surface area contributed by atoms with Crippen molar-refractivity contribution in [2.45, 2.75) is 20.3 Å². The minimum atomic E-state index is -0.386. The first-order valence-corrected chi connectivity index (χ1v) is 9.86. The number of nitro groups is 1. The highest BCUT2D eigenvalue weighted by Gasteiger charge is 2.29. The molecule has 156 valence electrons. The van der Waals surface area contributed by atoms with Crippen LogP contribution in [-0.2, 0) is 0 Å². The van der Waals surface area contributed by atoms with E-state index in [0.717, 1.165) is 30.9 Å². The molecule has 1 aromatic heterocycles. The molecule has 1 N–H and O–H groups in total. The second-order valence-corrected chi connectivity index (χ2v) is 7.43. The Kier molecular flexibility index (Phi) is 6.69. The number of nitrogens with one attached hydrogen (secondary N) is 1. The van der Waals surface area contributed by atoms with Crippen LogP contribution in [0.25, 0.3) is 0 Å². The molecule has 2 aromatic rings. The lowest BCUT2D eigenvalue weighted by Crippen LogP contribution is -2.47. The van der Waals surface area contributed by atoms with Crippen LogP contribution in [0.1, 0.15) is 20.3 Å². The maximum absolute atomic E-state index is 11.8. The number of hydrogen-bond acceptors (Lipinski definition) is 8. The van der Waals surface area contributed by atoms with Gasteiger partial charge in [0.1, 0.15) is 12.1 Å². The summed E-state index contributed by atoms with van der Waals surface area (Å²) in [5, 5.41) is 14.9. The number of nitrogens with zero attached hydrogens (tertiary/aromatic N) is 5. The third-order valence-electron chi connectivity index (χ3n) is 5.02. The van der Waals surface area contributed by atoms with Gasteiger partial charge in [-0.15, -0.1) is 0 Å². The highest BCUT2D eigenvalue weighted by Crippen LogP contribution is 2.33. The van der Waals surface area contributed by atoms with Gasteiger partial charge in [-0.1, -0.05) is 13.8 Å². The number of ether oxygens (including phenoxy) is 1. The Balaban J connectivity index is 1.71. The van der Waals surface area contributed by atoms with Crippen molar-refractivity contribution < 1.29 is 9.66 Å². The monoisotopic (exact) mass is 400 g/mol. The van der Waals surface area contributed by atoms with E-state index < -0.39 is 0 Å². The summed E-state index contributed by atoms with van der Waals surface area (Å²) in [4.78, 5) is 24.0. The van der Waals surface area contributed by atoms with Gasteiger partial charge in [0.25, 0.3) is 0 Å². The molecule has 0 spiro atoms. The van der Waals surface area contributed by atoms with E-state index in [4.69, 9.17) is 4.74 Å². The minimum absolute atomic E-state index is 0.0471. The summed E-state index contributed by atoms with van der Waals surface area (Å²) in [5.41, 5.74) is 1.06. The van der Waals surface area contributed by atoms with Crippen molar-refractivity contribution in [3.8, 4) is 5.75 Å². The molecule has 0 unspecified atom stereocenters. The predicted molar refractivity (Wildman–Crippen MR) is 114 cm³/mol. The van der Waals surface area contributed by atoms with Crippen LogP contribution < -0.4 is 19.9 Å². The van der Waals surface area contributed by atoms with Gasteiger partial charge in [0.05, 0.1) is 12.0 Å². The summed E-state index contributed by atoms with van der Waals surface area (Å²) in [6, 6.07) is 7.93. The molecule has 1 aromatic carbocycles. The Morgan fingerprint density at radius 3 is 2.38 bits per heavy atom. The van der Waals surface area contributed by atoms with E-state index in [1.165, 1.54) is 6.33 Å². The minimum Gasteiger partial charge on any atom is -0.497 e. The lowest BCUT2D eigenvalue weighted by molar-refractivity contribution is -0.383. The van der Waals surface area contributed by atoms with Crippen LogP contribution in [0.4, 0.5) is 23.0 Å². The molecular weight excluding hydrogens is 372 g/mol. The first-order valence-electron chi connectivity index (χ1n) is 9.86. The zero-order valence-corrected chi connectivity index (χ0v) is 17.2. The second kappa shape index (κ2) is 9.40. The van der Waals surface area contributed by atoms with Crippen LogP contribution in [0.2, 0.25) is 0 Å². The number of methoxy groups -OCH3 is 1. The number of piperazine rings is 1. The molecule has 0 saturated carbocycles. The second-order valence-electron chi connectivity index (χ2n) is 7.43. The average molecular weight is 400 g/mol. The largest absolute Gasteiger partial charge is 0.497 e. The van der Waals surface area contributed by atoms with Gasteiger partial charge < -0.3 is 19.9 Å². The molecule has 9 nitrogen and oxygen atoms in total. The molecule has 1 fully saturated rings. The number of hydrogen-bond donors (Lipinski definition) is 1. The zero-order chi connectivity index (χ0) is 20.8. The highest BCUT2D eigenvalue weighted by molar-refractivity contribution is 5.70. The Hall–Kier alpha value is -3.10. The van der Waals surface area contributed by atoms with Crippen molar-refractivity contribution in [1.29, 1.82) is 0 Å². The van der Waals surface area contributed by atoms with Crippen LogP contribution in [0.5, 0.6) is 5.75 Å². The molecule has 2 heterocycles. The van der Waals surface area contributed by atoms with Crippen molar-refractivity contribution in [2.75, 3.05) is 55.0 Å². The molecule has 29 heavy (non-hydrogen) atoms. The fraction of sp³-hybridized carbons (Fsp3) is 0.500.